The van der Waals surface area contributed by atoms with Gasteiger partial charge in [0.2, 0.25) is 0 Å². The van der Waals surface area contributed by atoms with Crippen LogP contribution in [0.25, 0.3) is 0 Å². The Labute approximate surface area is 93.3 Å². The molecule has 0 unspecified atom stereocenters. The van der Waals surface area contributed by atoms with Gasteiger partial charge < -0.3 is 10.2 Å². The quantitative estimate of drug-likeness (QED) is 0.798. The molecule has 6 heteroatoms. The molecule has 1 aromatic carbocycles. The third-order valence-electron chi connectivity index (χ3n) is 1.95. The molecule has 0 bridgehead atoms. The number of hydrogen-bond acceptors (Lipinski definition) is 4. The molecular formula is C10H12O5S. The van der Waals surface area contributed by atoms with Crippen molar-refractivity contribution >= 4 is 15.8 Å². The molecule has 1 rings (SSSR count). The number of benzene rings is 1. The van der Waals surface area contributed by atoms with Crippen molar-refractivity contribution in [2.75, 3.05) is 5.75 Å². The Bertz CT molecular complexity index is 460. The second kappa shape index (κ2) is 4.98. The van der Waals surface area contributed by atoms with E-state index in [0.29, 0.717) is 5.56 Å². The highest BCUT2D eigenvalue weighted by molar-refractivity contribution is 7.90. The average Bonchev–Trinajstić information content (AvgIpc) is 2.19. The van der Waals surface area contributed by atoms with Crippen LogP contribution in [0.5, 0.6) is 5.75 Å². The van der Waals surface area contributed by atoms with Gasteiger partial charge in [-0.25, -0.2) is 8.42 Å². The minimum Gasteiger partial charge on any atom is -0.508 e. The fourth-order valence-corrected chi connectivity index (χ4v) is 2.49. The lowest BCUT2D eigenvalue weighted by Crippen LogP contribution is -2.12. The largest absolute Gasteiger partial charge is 0.508 e. The summed E-state index contributed by atoms with van der Waals surface area (Å²) >= 11 is 0. The van der Waals surface area contributed by atoms with E-state index in [-0.39, 0.29) is 23.7 Å². The third-order valence-corrected chi connectivity index (χ3v) is 3.55. The molecule has 0 aliphatic rings. The lowest BCUT2D eigenvalue weighted by atomic mass is 10.2. The van der Waals surface area contributed by atoms with Crippen LogP contribution in [-0.2, 0) is 20.4 Å². The highest BCUT2D eigenvalue weighted by Crippen LogP contribution is 2.12. The van der Waals surface area contributed by atoms with Gasteiger partial charge in [-0.1, -0.05) is 12.1 Å². The van der Waals surface area contributed by atoms with Gasteiger partial charge >= 0.3 is 5.97 Å². The van der Waals surface area contributed by atoms with E-state index in [9.17, 15) is 13.2 Å². The SMILES string of the molecule is O=C(O)CCS(=O)(=O)Cc1ccc(O)cc1. The van der Waals surface area contributed by atoms with E-state index in [1.807, 2.05) is 0 Å². The molecule has 88 valence electrons. The normalized spacial score (nSPS) is 11.2. The standard InChI is InChI=1S/C10H12O5S/c11-9-3-1-8(2-4-9)7-16(14,15)6-5-10(12)13/h1-4,11H,5-7H2,(H,12,13). The average molecular weight is 244 g/mol. The maximum atomic E-state index is 11.5. The van der Waals surface area contributed by atoms with Gasteiger partial charge in [0.15, 0.2) is 9.84 Å². The minimum absolute atomic E-state index is 0.0617. The summed E-state index contributed by atoms with van der Waals surface area (Å²) in [4.78, 5) is 10.2. The fourth-order valence-electron chi connectivity index (χ4n) is 1.16. The van der Waals surface area contributed by atoms with Gasteiger partial charge in [0, 0.05) is 0 Å². The van der Waals surface area contributed by atoms with Gasteiger partial charge in [-0.2, -0.15) is 0 Å². The van der Waals surface area contributed by atoms with Crippen molar-refractivity contribution in [2.24, 2.45) is 0 Å². The zero-order chi connectivity index (χ0) is 12.2. The van der Waals surface area contributed by atoms with Gasteiger partial charge in [0.1, 0.15) is 5.75 Å². The van der Waals surface area contributed by atoms with E-state index in [1.54, 1.807) is 0 Å². The van der Waals surface area contributed by atoms with E-state index in [1.165, 1.54) is 24.3 Å². The smallest absolute Gasteiger partial charge is 0.304 e. The first-order valence-electron chi connectivity index (χ1n) is 4.59. The van der Waals surface area contributed by atoms with Crippen LogP contribution >= 0.6 is 0 Å². The zero-order valence-corrected chi connectivity index (χ0v) is 9.27. The van der Waals surface area contributed by atoms with Crippen molar-refractivity contribution < 1.29 is 23.4 Å². The summed E-state index contributed by atoms with van der Waals surface area (Å²) in [6.45, 7) is 0. The van der Waals surface area contributed by atoms with E-state index < -0.39 is 15.8 Å². The molecule has 0 saturated carbocycles. The van der Waals surface area contributed by atoms with Crippen molar-refractivity contribution in [3.63, 3.8) is 0 Å². The predicted molar refractivity (Wildman–Crippen MR) is 57.9 cm³/mol. The number of carbonyl (C=O) groups is 1. The van der Waals surface area contributed by atoms with Crippen molar-refractivity contribution in [1.29, 1.82) is 0 Å². The van der Waals surface area contributed by atoms with E-state index in [2.05, 4.69) is 0 Å². The molecule has 2 N–H and O–H groups in total. The minimum atomic E-state index is -3.41. The van der Waals surface area contributed by atoms with Crippen molar-refractivity contribution in [3.8, 4) is 5.75 Å². The molecule has 1 aromatic rings. The number of rotatable bonds is 5. The lowest BCUT2D eigenvalue weighted by Gasteiger charge is -2.03. The molecule has 5 nitrogen and oxygen atoms in total. The molecule has 0 radical (unpaired) electrons. The topological polar surface area (TPSA) is 91.7 Å². The van der Waals surface area contributed by atoms with Crippen LogP contribution in [0.4, 0.5) is 0 Å². The maximum absolute atomic E-state index is 11.5. The van der Waals surface area contributed by atoms with Gasteiger partial charge in [-0.3, -0.25) is 4.79 Å². The number of phenols is 1. The molecule has 16 heavy (non-hydrogen) atoms. The molecule has 0 aliphatic heterocycles. The molecule has 0 heterocycles. The number of carboxylic acids is 1. The van der Waals surface area contributed by atoms with Gasteiger partial charge in [0.05, 0.1) is 17.9 Å². The first-order valence-corrected chi connectivity index (χ1v) is 6.41. The Kier molecular flexibility index (Phi) is 3.89. The predicted octanol–water partition coefficient (Wildman–Crippen LogP) is 0.782. The summed E-state index contributed by atoms with van der Waals surface area (Å²) in [6.07, 6.45) is -0.388. The Hall–Kier alpha value is -1.56. The zero-order valence-electron chi connectivity index (χ0n) is 8.46. The Morgan fingerprint density at radius 2 is 1.75 bits per heavy atom. The van der Waals surface area contributed by atoms with Crippen LogP contribution in [0, 0.1) is 0 Å². The molecule has 0 atom stereocenters. The van der Waals surface area contributed by atoms with Crippen molar-refractivity contribution in [3.05, 3.63) is 29.8 Å². The Morgan fingerprint density at radius 3 is 2.25 bits per heavy atom. The molecule has 0 fully saturated rings. The molecule has 0 spiro atoms. The first kappa shape index (κ1) is 12.5. The van der Waals surface area contributed by atoms with Crippen LogP contribution in [0.3, 0.4) is 0 Å². The van der Waals surface area contributed by atoms with Crippen LogP contribution < -0.4 is 0 Å². The van der Waals surface area contributed by atoms with Crippen LogP contribution in [0.15, 0.2) is 24.3 Å². The highest BCUT2D eigenvalue weighted by atomic mass is 32.2. The number of hydrogen-bond donors (Lipinski definition) is 2. The summed E-state index contributed by atoms with van der Waals surface area (Å²) in [5.74, 6) is -1.65. The third kappa shape index (κ3) is 4.31. The Morgan fingerprint density at radius 1 is 1.19 bits per heavy atom. The summed E-state index contributed by atoms with van der Waals surface area (Å²) in [5, 5.41) is 17.4. The van der Waals surface area contributed by atoms with E-state index >= 15 is 0 Å². The van der Waals surface area contributed by atoms with Gasteiger partial charge in [-0.15, -0.1) is 0 Å². The molecule has 0 aliphatic carbocycles. The van der Waals surface area contributed by atoms with Crippen molar-refractivity contribution in [2.45, 2.75) is 12.2 Å². The number of aliphatic carboxylic acids is 1. The lowest BCUT2D eigenvalue weighted by molar-refractivity contribution is -0.136. The highest BCUT2D eigenvalue weighted by Gasteiger charge is 2.13. The second-order valence-corrected chi connectivity index (χ2v) is 5.59. The number of phenolic OH excluding ortho intramolecular Hbond substituents is 1. The van der Waals surface area contributed by atoms with Crippen LogP contribution in [-0.4, -0.2) is 30.4 Å². The molecular weight excluding hydrogens is 232 g/mol. The van der Waals surface area contributed by atoms with Gasteiger partial charge in [-0.05, 0) is 17.7 Å². The number of aromatic hydroxyl groups is 1. The van der Waals surface area contributed by atoms with Crippen LogP contribution in [0.1, 0.15) is 12.0 Å². The maximum Gasteiger partial charge on any atom is 0.304 e. The first-order chi connectivity index (χ1) is 7.39. The van der Waals surface area contributed by atoms with E-state index in [4.69, 9.17) is 10.2 Å². The van der Waals surface area contributed by atoms with E-state index in [0.717, 1.165) is 0 Å². The summed E-state index contributed by atoms with van der Waals surface area (Å²) < 4.78 is 22.9. The second-order valence-electron chi connectivity index (χ2n) is 3.40. The number of sulfone groups is 1. The Balaban J connectivity index is 2.65. The van der Waals surface area contributed by atoms with Gasteiger partial charge in [0.25, 0.3) is 0 Å². The summed E-state index contributed by atoms with van der Waals surface area (Å²) in [5.41, 5.74) is 0.531. The molecule has 0 aromatic heterocycles. The molecule has 0 saturated heterocycles. The summed E-state index contributed by atoms with van der Waals surface area (Å²) in [6, 6.07) is 5.77. The monoisotopic (exact) mass is 244 g/mol. The fraction of sp³-hybridized carbons (Fsp3) is 0.300. The van der Waals surface area contributed by atoms with Crippen LogP contribution in [0.2, 0.25) is 0 Å². The summed E-state index contributed by atoms with van der Waals surface area (Å²) in [7, 11) is -3.41. The number of carboxylic acid groups (broad SMARTS) is 1. The van der Waals surface area contributed by atoms with Crippen molar-refractivity contribution in [1.82, 2.24) is 0 Å². The molecule has 0 amide bonds.